The molecule has 1 rings (SSSR count). The van der Waals surface area contributed by atoms with Gasteiger partial charge in [0.2, 0.25) is 5.91 Å². The van der Waals surface area contributed by atoms with Crippen molar-refractivity contribution in [2.45, 2.75) is 39.1 Å². The van der Waals surface area contributed by atoms with Gasteiger partial charge in [-0.3, -0.25) is 4.79 Å². The van der Waals surface area contributed by atoms with Gasteiger partial charge >= 0.3 is 0 Å². The summed E-state index contributed by atoms with van der Waals surface area (Å²) in [5, 5.41) is 2.39. The molecule has 0 spiro atoms. The molecule has 16 heavy (non-hydrogen) atoms. The van der Waals surface area contributed by atoms with Crippen LogP contribution in [0.5, 0.6) is 0 Å². The molecule has 1 amide bonds. The zero-order chi connectivity index (χ0) is 12.3. The van der Waals surface area contributed by atoms with E-state index in [-0.39, 0.29) is 11.9 Å². The molecular formula is C13H18ClNO. The SMILES string of the molecule is Cc1ccc(C(C)NC(=O)C(C)Cl)c(C)c1. The van der Waals surface area contributed by atoms with E-state index in [1.165, 1.54) is 11.1 Å². The number of nitrogens with one attached hydrogen (secondary N) is 1. The number of aryl methyl sites for hydroxylation is 2. The van der Waals surface area contributed by atoms with Crippen LogP contribution < -0.4 is 5.32 Å². The van der Waals surface area contributed by atoms with Crippen molar-refractivity contribution in [3.8, 4) is 0 Å². The number of alkyl halides is 1. The minimum absolute atomic E-state index is 0.00528. The normalized spacial score (nSPS) is 14.3. The molecule has 88 valence electrons. The minimum Gasteiger partial charge on any atom is -0.348 e. The van der Waals surface area contributed by atoms with E-state index in [0.29, 0.717) is 0 Å². The molecule has 0 saturated heterocycles. The molecule has 0 bridgehead atoms. The van der Waals surface area contributed by atoms with Crippen LogP contribution in [0.1, 0.15) is 36.6 Å². The topological polar surface area (TPSA) is 29.1 Å². The van der Waals surface area contributed by atoms with E-state index in [2.05, 4.69) is 37.4 Å². The predicted octanol–water partition coefficient (Wildman–Crippen LogP) is 3.11. The van der Waals surface area contributed by atoms with Crippen LogP contribution in [0.4, 0.5) is 0 Å². The first-order chi connectivity index (χ1) is 7.41. The summed E-state index contributed by atoms with van der Waals surface area (Å²) in [5.41, 5.74) is 3.55. The highest BCUT2D eigenvalue weighted by Crippen LogP contribution is 2.18. The van der Waals surface area contributed by atoms with Gasteiger partial charge in [-0.15, -0.1) is 11.6 Å². The van der Waals surface area contributed by atoms with Crippen molar-refractivity contribution in [1.82, 2.24) is 5.32 Å². The third-order valence-corrected chi connectivity index (χ3v) is 2.81. The molecule has 0 radical (unpaired) electrons. The van der Waals surface area contributed by atoms with Crippen molar-refractivity contribution in [2.24, 2.45) is 0 Å². The Morgan fingerprint density at radius 3 is 2.44 bits per heavy atom. The van der Waals surface area contributed by atoms with Crippen molar-refractivity contribution < 1.29 is 4.79 Å². The highest BCUT2D eigenvalue weighted by molar-refractivity contribution is 6.30. The zero-order valence-electron chi connectivity index (χ0n) is 10.2. The Hall–Kier alpha value is -1.02. The lowest BCUT2D eigenvalue weighted by Gasteiger charge is -2.17. The molecule has 0 aliphatic carbocycles. The zero-order valence-corrected chi connectivity index (χ0v) is 10.9. The smallest absolute Gasteiger partial charge is 0.238 e. The molecule has 0 aromatic heterocycles. The maximum Gasteiger partial charge on any atom is 0.238 e. The molecule has 1 aromatic rings. The predicted molar refractivity (Wildman–Crippen MR) is 67.8 cm³/mol. The van der Waals surface area contributed by atoms with Crippen LogP contribution in [0.3, 0.4) is 0 Å². The summed E-state index contributed by atoms with van der Waals surface area (Å²) < 4.78 is 0. The minimum atomic E-state index is -0.492. The van der Waals surface area contributed by atoms with Crippen molar-refractivity contribution in [3.05, 3.63) is 34.9 Å². The van der Waals surface area contributed by atoms with Crippen LogP contribution in [0, 0.1) is 13.8 Å². The lowest BCUT2D eigenvalue weighted by molar-refractivity contribution is -0.121. The summed E-state index contributed by atoms with van der Waals surface area (Å²) in [7, 11) is 0. The van der Waals surface area contributed by atoms with E-state index in [1.807, 2.05) is 6.92 Å². The molecule has 2 nitrogen and oxygen atoms in total. The van der Waals surface area contributed by atoms with Crippen LogP contribution in [0.2, 0.25) is 0 Å². The Balaban J connectivity index is 2.80. The van der Waals surface area contributed by atoms with E-state index in [0.717, 1.165) is 5.56 Å². The Bertz CT molecular complexity index is 388. The summed E-state index contributed by atoms with van der Waals surface area (Å²) in [5.74, 6) is -0.130. The Kier molecular flexibility index (Phi) is 4.36. The summed E-state index contributed by atoms with van der Waals surface area (Å²) in [6.07, 6.45) is 0. The van der Waals surface area contributed by atoms with Crippen molar-refractivity contribution >= 4 is 17.5 Å². The molecule has 0 saturated carbocycles. The van der Waals surface area contributed by atoms with Gasteiger partial charge in [-0.1, -0.05) is 23.8 Å². The summed E-state index contributed by atoms with van der Waals surface area (Å²) in [6, 6.07) is 6.21. The molecule has 2 unspecified atom stereocenters. The average Bonchev–Trinajstić information content (AvgIpc) is 2.16. The van der Waals surface area contributed by atoms with Crippen LogP contribution in [-0.4, -0.2) is 11.3 Å². The first-order valence-corrected chi connectivity index (χ1v) is 5.87. The maximum absolute atomic E-state index is 11.5. The molecular weight excluding hydrogens is 222 g/mol. The van der Waals surface area contributed by atoms with E-state index >= 15 is 0 Å². The van der Waals surface area contributed by atoms with Gasteiger partial charge in [-0.05, 0) is 38.8 Å². The first kappa shape index (κ1) is 13.0. The second-order valence-corrected chi connectivity index (χ2v) is 4.86. The maximum atomic E-state index is 11.5. The van der Waals surface area contributed by atoms with Gasteiger partial charge in [-0.2, -0.15) is 0 Å². The Morgan fingerprint density at radius 2 is 1.94 bits per heavy atom. The standard InChI is InChI=1S/C13H18ClNO/c1-8-5-6-12(9(2)7-8)11(4)15-13(16)10(3)14/h5-7,10-11H,1-4H3,(H,15,16). The van der Waals surface area contributed by atoms with Gasteiger partial charge in [0, 0.05) is 0 Å². The van der Waals surface area contributed by atoms with Gasteiger partial charge in [-0.25, -0.2) is 0 Å². The fraction of sp³-hybridized carbons (Fsp3) is 0.462. The van der Waals surface area contributed by atoms with Gasteiger partial charge in [0.15, 0.2) is 0 Å². The molecule has 0 fully saturated rings. The van der Waals surface area contributed by atoms with Crippen molar-refractivity contribution in [2.75, 3.05) is 0 Å². The lowest BCUT2D eigenvalue weighted by atomic mass is 10.0. The largest absolute Gasteiger partial charge is 0.348 e. The van der Waals surface area contributed by atoms with Crippen LogP contribution in [0.15, 0.2) is 18.2 Å². The number of hydrogen-bond acceptors (Lipinski definition) is 1. The number of rotatable bonds is 3. The third kappa shape index (κ3) is 3.24. The number of carbonyl (C=O) groups is 1. The lowest BCUT2D eigenvalue weighted by Crippen LogP contribution is -2.32. The molecule has 2 atom stereocenters. The Labute approximate surface area is 102 Å². The molecule has 3 heteroatoms. The van der Waals surface area contributed by atoms with Gasteiger partial charge in [0.25, 0.3) is 0 Å². The molecule has 1 N–H and O–H groups in total. The average molecular weight is 240 g/mol. The number of amides is 1. The van der Waals surface area contributed by atoms with Gasteiger partial charge in [0.05, 0.1) is 6.04 Å². The fourth-order valence-electron chi connectivity index (χ4n) is 1.72. The summed E-state index contributed by atoms with van der Waals surface area (Å²) >= 11 is 5.71. The van der Waals surface area contributed by atoms with Crippen LogP contribution in [0.25, 0.3) is 0 Å². The highest BCUT2D eigenvalue weighted by atomic mass is 35.5. The van der Waals surface area contributed by atoms with E-state index in [1.54, 1.807) is 6.92 Å². The number of carbonyl (C=O) groups excluding carboxylic acids is 1. The van der Waals surface area contributed by atoms with Crippen molar-refractivity contribution in [1.29, 1.82) is 0 Å². The van der Waals surface area contributed by atoms with Gasteiger partial charge in [0.1, 0.15) is 5.38 Å². The Morgan fingerprint density at radius 1 is 1.31 bits per heavy atom. The van der Waals surface area contributed by atoms with Gasteiger partial charge < -0.3 is 5.32 Å². The molecule has 0 aliphatic heterocycles. The fourth-order valence-corrected chi connectivity index (χ4v) is 1.78. The molecule has 1 aromatic carbocycles. The first-order valence-electron chi connectivity index (χ1n) is 5.43. The van der Waals surface area contributed by atoms with Crippen LogP contribution in [-0.2, 0) is 4.79 Å². The molecule has 0 heterocycles. The third-order valence-electron chi connectivity index (χ3n) is 2.61. The number of hydrogen-bond donors (Lipinski definition) is 1. The summed E-state index contributed by atoms with van der Waals surface area (Å²) in [6.45, 7) is 7.75. The second kappa shape index (κ2) is 5.35. The van der Waals surface area contributed by atoms with Crippen LogP contribution >= 0.6 is 11.6 Å². The molecule has 0 aliphatic rings. The number of benzene rings is 1. The van der Waals surface area contributed by atoms with Crippen molar-refractivity contribution in [3.63, 3.8) is 0 Å². The summed E-state index contributed by atoms with van der Waals surface area (Å²) in [4.78, 5) is 11.5. The van der Waals surface area contributed by atoms with E-state index in [9.17, 15) is 4.79 Å². The highest BCUT2D eigenvalue weighted by Gasteiger charge is 2.14. The monoisotopic (exact) mass is 239 g/mol. The quantitative estimate of drug-likeness (QED) is 0.807. The second-order valence-electron chi connectivity index (χ2n) is 4.21. The van der Waals surface area contributed by atoms with E-state index in [4.69, 9.17) is 11.6 Å². The number of halogens is 1. The van der Waals surface area contributed by atoms with E-state index < -0.39 is 5.38 Å².